The van der Waals surface area contributed by atoms with Crippen LogP contribution in [0.4, 0.5) is 0 Å². The second-order valence-corrected chi connectivity index (χ2v) is 4.08. The fourth-order valence-electron chi connectivity index (χ4n) is 1.25. The van der Waals surface area contributed by atoms with E-state index in [-0.39, 0.29) is 6.42 Å². The Morgan fingerprint density at radius 1 is 1.21 bits per heavy atom. The van der Waals surface area contributed by atoms with Gasteiger partial charge in [0.2, 0.25) is 0 Å². The lowest BCUT2D eigenvalue weighted by molar-refractivity contribution is -0.137. The fraction of sp³-hybridized carbons (Fsp3) is 0.750. The zero-order valence-electron chi connectivity index (χ0n) is 9.33. The molecule has 0 radical (unpaired) electrons. The van der Waals surface area contributed by atoms with Gasteiger partial charge in [0.05, 0.1) is 0 Å². The Morgan fingerprint density at radius 2 is 1.79 bits per heavy atom. The smallest absolute Gasteiger partial charge is 0.303 e. The topological polar surface area (TPSA) is 37.3 Å². The molecule has 0 amide bonds. The van der Waals surface area contributed by atoms with E-state index in [1.807, 2.05) is 0 Å². The van der Waals surface area contributed by atoms with Crippen LogP contribution in [-0.4, -0.2) is 11.1 Å². The summed E-state index contributed by atoms with van der Waals surface area (Å²) in [5.41, 5.74) is 0. The van der Waals surface area contributed by atoms with Crippen molar-refractivity contribution in [3.8, 4) is 0 Å². The number of hydrogen-bond donors (Lipinski definition) is 1. The van der Waals surface area contributed by atoms with Crippen LogP contribution in [0.1, 0.15) is 52.4 Å². The van der Waals surface area contributed by atoms with Crippen molar-refractivity contribution in [2.45, 2.75) is 52.4 Å². The summed E-state index contributed by atoms with van der Waals surface area (Å²) in [5.74, 6) is 0.0913. The van der Waals surface area contributed by atoms with Gasteiger partial charge in [-0.15, -0.1) is 0 Å². The highest BCUT2D eigenvalue weighted by molar-refractivity contribution is 5.66. The zero-order valence-corrected chi connectivity index (χ0v) is 9.33. The highest BCUT2D eigenvalue weighted by atomic mass is 16.4. The van der Waals surface area contributed by atoms with Gasteiger partial charge in [-0.25, -0.2) is 0 Å². The molecule has 1 N–H and O–H groups in total. The summed E-state index contributed by atoms with van der Waals surface area (Å²) < 4.78 is 0. The van der Waals surface area contributed by atoms with Gasteiger partial charge in [-0.2, -0.15) is 0 Å². The first kappa shape index (κ1) is 13.2. The molecular formula is C12H22O2. The Hall–Kier alpha value is -0.790. The van der Waals surface area contributed by atoms with Crippen LogP contribution in [-0.2, 0) is 4.79 Å². The van der Waals surface area contributed by atoms with Crippen LogP contribution in [0, 0.1) is 5.92 Å². The molecule has 0 bridgehead atoms. The van der Waals surface area contributed by atoms with E-state index in [1.54, 1.807) is 0 Å². The summed E-state index contributed by atoms with van der Waals surface area (Å²) in [6, 6.07) is 0. The van der Waals surface area contributed by atoms with Crippen LogP contribution in [0.2, 0.25) is 0 Å². The fourth-order valence-corrected chi connectivity index (χ4v) is 1.25. The van der Waals surface area contributed by atoms with E-state index in [4.69, 9.17) is 5.11 Å². The summed E-state index contributed by atoms with van der Waals surface area (Å²) in [5, 5.41) is 8.39. The Balaban J connectivity index is 3.15. The molecule has 0 aliphatic carbocycles. The van der Waals surface area contributed by atoms with Gasteiger partial charge in [0.15, 0.2) is 0 Å². The van der Waals surface area contributed by atoms with E-state index >= 15 is 0 Å². The minimum Gasteiger partial charge on any atom is -0.481 e. The Morgan fingerprint density at radius 3 is 2.29 bits per heavy atom. The van der Waals surface area contributed by atoms with Crippen LogP contribution >= 0.6 is 0 Å². The van der Waals surface area contributed by atoms with Gasteiger partial charge in [-0.3, -0.25) is 4.79 Å². The van der Waals surface area contributed by atoms with E-state index in [2.05, 4.69) is 26.0 Å². The maximum atomic E-state index is 10.2. The SMILES string of the molecule is CC(C)CCC/C=C/CCCC(=O)O. The number of unbranched alkanes of at least 4 members (excludes halogenated alkanes) is 2. The summed E-state index contributed by atoms with van der Waals surface area (Å²) in [6.45, 7) is 4.47. The quantitative estimate of drug-likeness (QED) is 0.477. The van der Waals surface area contributed by atoms with Crippen LogP contribution in [0.3, 0.4) is 0 Å². The normalized spacial score (nSPS) is 11.4. The van der Waals surface area contributed by atoms with Crippen molar-refractivity contribution >= 4 is 5.97 Å². The van der Waals surface area contributed by atoms with Gasteiger partial charge in [-0.05, 0) is 31.6 Å². The van der Waals surface area contributed by atoms with Gasteiger partial charge in [0.1, 0.15) is 0 Å². The standard InChI is InChI=1S/C12H22O2/c1-11(2)9-7-5-3-4-6-8-10-12(13)14/h3-4,11H,5-10H2,1-2H3,(H,13,14)/b4-3+. The van der Waals surface area contributed by atoms with E-state index in [0.29, 0.717) is 0 Å². The van der Waals surface area contributed by atoms with Crippen molar-refractivity contribution in [3.05, 3.63) is 12.2 Å². The van der Waals surface area contributed by atoms with E-state index in [0.717, 1.165) is 25.2 Å². The molecule has 0 atom stereocenters. The molecule has 0 spiro atoms. The van der Waals surface area contributed by atoms with Gasteiger partial charge in [-0.1, -0.05) is 32.4 Å². The number of carboxylic acid groups (broad SMARTS) is 1. The molecule has 0 unspecified atom stereocenters. The molecule has 0 aliphatic rings. The van der Waals surface area contributed by atoms with Crippen LogP contribution in [0.15, 0.2) is 12.2 Å². The molecular weight excluding hydrogens is 176 g/mol. The minimum absolute atomic E-state index is 0.288. The molecule has 2 nitrogen and oxygen atoms in total. The lowest BCUT2D eigenvalue weighted by atomic mass is 10.1. The molecule has 82 valence electrons. The van der Waals surface area contributed by atoms with Crippen LogP contribution in [0.25, 0.3) is 0 Å². The number of carboxylic acids is 1. The second kappa shape index (κ2) is 8.79. The predicted octanol–water partition coefficient (Wildman–Crippen LogP) is 3.62. The first-order valence-corrected chi connectivity index (χ1v) is 5.49. The Kier molecular flexibility index (Phi) is 8.30. The van der Waals surface area contributed by atoms with Crippen molar-refractivity contribution in [1.82, 2.24) is 0 Å². The molecule has 14 heavy (non-hydrogen) atoms. The van der Waals surface area contributed by atoms with Gasteiger partial charge in [0.25, 0.3) is 0 Å². The highest BCUT2D eigenvalue weighted by Gasteiger charge is 1.93. The highest BCUT2D eigenvalue weighted by Crippen LogP contribution is 2.07. The Labute approximate surface area is 87.0 Å². The first-order chi connectivity index (χ1) is 6.63. The maximum absolute atomic E-state index is 10.2. The summed E-state index contributed by atoms with van der Waals surface area (Å²) in [7, 11) is 0. The molecule has 2 heteroatoms. The number of carbonyl (C=O) groups is 1. The van der Waals surface area contributed by atoms with Crippen molar-refractivity contribution in [3.63, 3.8) is 0 Å². The van der Waals surface area contributed by atoms with E-state index < -0.39 is 5.97 Å². The van der Waals surface area contributed by atoms with Crippen LogP contribution < -0.4 is 0 Å². The number of allylic oxidation sites excluding steroid dienone is 2. The number of rotatable bonds is 8. The number of aliphatic carboxylic acids is 1. The molecule has 0 fully saturated rings. The van der Waals surface area contributed by atoms with E-state index in [9.17, 15) is 4.79 Å². The first-order valence-electron chi connectivity index (χ1n) is 5.49. The van der Waals surface area contributed by atoms with Gasteiger partial charge in [0, 0.05) is 6.42 Å². The van der Waals surface area contributed by atoms with Crippen molar-refractivity contribution in [1.29, 1.82) is 0 Å². The molecule has 0 heterocycles. The molecule has 0 saturated heterocycles. The Bertz CT molecular complexity index is 171. The van der Waals surface area contributed by atoms with Crippen molar-refractivity contribution in [2.24, 2.45) is 5.92 Å². The monoisotopic (exact) mass is 198 g/mol. The predicted molar refractivity (Wildman–Crippen MR) is 59.3 cm³/mol. The van der Waals surface area contributed by atoms with Crippen molar-refractivity contribution in [2.75, 3.05) is 0 Å². The minimum atomic E-state index is -0.696. The zero-order chi connectivity index (χ0) is 10.8. The molecule has 0 aromatic carbocycles. The van der Waals surface area contributed by atoms with Crippen LogP contribution in [0.5, 0.6) is 0 Å². The summed E-state index contributed by atoms with van der Waals surface area (Å²) in [4.78, 5) is 10.2. The molecule has 0 aliphatic heterocycles. The van der Waals surface area contributed by atoms with E-state index in [1.165, 1.54) is 12.8 Å². The van der Waals surface area contributed by atoms with Gasteiger partial charge >= 0.3 is 5.97 Å². The third kappa shape index (κ3) is 11.2. The second-order valence-electron chi connectivity index (χ2n) is 4.08. The third-order valence-corrected chi connectivity index (χ3v) is 2.08. The molecule has 0 aromatic rings. The lowest BCUT2D eigenvalue weighted by Crippen LogP contribution is -1.92. The van der Waals surface area contributed by atoms with Gasteiger partial charge < -0.3 is 5.11 Å². The molecule has 0 rings (SSSR count). The average Bonchev–Trinajstić information content (AvgIpc) is 2.08. The lowest BCUT2D eigenvalue weighted by Gasteiger charge is -2.00. The molecule has 0 aromatic heterocycles. The third-order valence-electron chi connectivity index (χ3n) is 2.08. The van der Waals surface area contributed by atoms with Crippen molar-refractivity contribution < 1.29 is 9.90 Å². The largest absolute Gasteiger partial charge is 0.481 e. The summed E-state index contributed by atoms with van der Waals surface area (Å²) >= 11 is 0. The average molecular weight is 198 g/mol. The molecule has 0 saturated carbocycles. The maximum Gasteiger partial charge on any atom is 0.303 e. The number of hydrogen-bond acceptors (Lipinski definition) is 1. The summed E-state index contributed by atoms with van der Waals surface area (Å²) in [6.07, 6.45) is 9.87.